The molecule has 94 valence electrons. The van der Waals surface area contributed by atoms with Gasteiger partial charge in [-0.2, -0.15) is 0 Å². The van der Waals surface area contributed by atoms with Crippen LogP contribution < -0.4 is 5.73 Å². The van der Waals surface area contributed by atoms with Gasteiger partial charge in [0.2, 0.25) is 0 Å². The average molecular weight is 253 g/mol. The van der Waals surface area contributed by atoms with Gasteiger partial charge in [0.05, 0.1) is 12.7 Å². The van der Waals surface area contributed by atoms with Crippen LogP contribution in [0.4, 0.5) is 5.69 Å². The van der Waals surface area contributed by atoms with Crippen molar-refractivity contribution in [1.29, 1.82) is 0 Å². The minimum Gasteiger partial charge on any atom is -0.465 e. The molecule has 0 bridgehead atoms. The van der Waals surface area contributed by atoms with Crippen LogP contribution in [0.25, 0.3) is 0 Å². The molecule has 4 heteroatoms. The highest BCUT2D eigenvalue weighted by atomic mass is 32.2. The maximum atomic E-state index is 11.6. The molecule has 1 aromatic rings. The molecule has 0 heterocycles. The Kier molecular flexibility index (Phi) is 4.87. The number of ether oxygens (including phenoxy) is 1. The number of rotatable bonds is 4. The van der Waals surface area contributed by atoms with Crippen LogP contribution in [0.1, 0.15) is 31.1 Å². The molecular weight excluding hydrogens is 234 g/mol. The summed E-state index contributed by atoms with van der Waals surface area (Å²) in [6, 6.07) is 5.36. The largest absolute Gasteiger partial charge is 0.465 e. The zero-order valence-electron chi connectivity index (χ0n) is 10.7. The highest BCUT2D eigenvalue weighted by molar-refractivity contribution is 8.00. The number of benzene rings is 1. The van der Waals surface area contributed by atoms with Crippen LogP contribution in [-0.4, -0.2) is 18.3 Å². The van der Waals surface area contributed by atoms with Crippen molar-refractivity contribution in [2.45, 2.75) is 30.9 Å². The van der Waals surface area contributed by atoms with Crippen molar-refractivity contribution in [3.05, 3.63) is 23.8 Å². The molecule has 0 aliphatic carbocycles. The average Bonchev–Trinajstić information content (AvgIpc) is 2.30. The molecule has 0 aliphatic rings. The van der Waals surface area contributed by atoms with E-state index in [0.717, 1.165) is 4.90 Å². The fraction of sp³-hybridized carbons (Fsp3) is 0.462. The summed E-state index contributed by atoms with van der Waals surface area (Å²) in [7, 11) is 1.38. The van der Waals surface area contributed by atoms with Crippen LogP contribution in [0.15, 0.2) is 23.1 Å². The second-order valence-corrected chi connectivity index (χ2v) is 5.73. The Morgan fingerprint density at radius 3 is 2.53 bits per heavy atom. The lowest BCUT2D eigenvalue weighted by Crippen LogP contribution is -2.09. The summed E-state index contributed by atoms with van der Waals surface area (Å²) < 4.78 is 4.77. The monoisotopic (exact) mass is 253 g/mol. The second kappa shape index (κ2) is 5.96. The molecule has 0 saturated heterocycles. The number of carbonyl (C=O) groups excluding carboxylic acids is 1. The quantitative estimate of drug-likeness (QED) is 0.508. The molecule has 3 nitrogen and oxygen atoms in total. The first kappa shape index (κ1) is 13.9. The maximum absolute atomic E-state index is 11.6. The van der Waals surface area contributed by atoms with E-state index < -0.39 is 0 Å². The summed E-state index contributed by atoms with van der Waals surface area (Å²) in [5.41, 5.74) is 6.82. The minimum atomic E-state index is -0.337. The highest BCUT2D eigenvalue weighted by Crippen LogP contribution is 2.31. The number of esters is 1. The van der Waals surface area contributed by atoms with Crippen LogP contribution in [0, 0.1) is 5.92 Å². The van der Waals surface area contributed by atoms with Gasteiger partial charge in [-0.05, 0) is 24.1 Å². The molecule has 0 amide bonds. The fourth-order valence-electron chi connectivity index (χ4n) is 1.26. The predicted molar refractivity (Wildman–Crippen MR) is 72.4 cm³/mol. The molecular formula is C13H19NO2S. The van der Waals surface area contributed by atoms with Crippen molar-refractivity contribution < 1.29 is 9.53 Å². The van der Waals surface area contributed by atoms with Gasteiger partial charge in [0.1, 0.15) is 0 Å². The smallest absolute Gasteiger partial charge is 0.339 e. The number of hydrogen-bond acceptors (Lipinski definition) is 4. The van der Waals surface area contributed by atoms with E-state index in [1.54, 1.807) is 17.8 Å². The van der Waals surface area contributed by atoms with E-state index in [1.165, 1.54) is 7.11 Å². The van der Waals surface area contributed by atoms with E-state index >= 15 is 0 Å². The standard InChI is InChI=1S/C13H19NO2S/c1-8(2)9(3)17-12-6-5-10(14)7-11(12)13(15)16-4/h5-9H,14H2,1-4H3. The Morgan fingerprint density at radius 1 is 1.35 bits per heavy atom. The number of anilines is 1. The third-order valence-electron chi connectivity index (χ3n) is 2.66. The Labute approximate surface area is 107 Å². The molecule has 1 aromatic carbocycles. The fourth-order valence-corrected chi connectivity index (χ4v) is 2.34. The summed E-state index contributed by atoms with van der Waals surface area (Å²) in [4.78, 5) is 12.6. The lowest BCUT2D eigenvalue weighted by Gasteiger charge is -2.16. The normalized spacial score (nSPS) is 12.5. The van der Waals surface area contributed by atoms with Gasteiger partial charge in [-0.25, -0.2) is 4.79 Å². The summed E-state index contributed by atoms with van der Waals surface area (Å²) in [6.07, 6.45) is 0. The number of thioether (sulfide) groups is 1. The molecule has 0 spiro atoms. The van der Waals surface area contributed by atoms with Crippen molar-refractivity contribution in [1.82, 2.24) is 0 Å². The summed E-state index contributed by atoms with van der Waals surface area (Å²) in [6.45, 7) is 6.46. The van der Waals surface area contributed by atoms with Gasteiger partial charge in [-0.15, -0.1) is 11.8 Å². The van der Waals surface area contributed by atoms with Crippen molar-refractivity contribution in [2.24, 2.45) is 5.92 Å². The number of carbonyl (C=O) groups is 1. The van der Waals surface area contributed by atoms with Crippen LogP contribution in [0.2, 0.25) is 0 Å². The lowest BCUT2D eigenvalue weighted by molar-refractivity contribution is 0.0597. The number of nitrogens with two attached hydrogens (primary N) is 1. The highest BCUT2D eigenvalue weighted by Gasteiger charge is 2.16. The summed E-state index contributed by atoms with van der Waals surface area (Å²) in [5, 5.41) is 0.432. The van der Waals surface area contributed by atoms with Gasteiger partial charge in [-0.3, -0.25) is 0 Å². The molecule has 0 radical (unpaired) electrons. The van der Waals surface area contributed by atoms with Gasteiger partial charge in [0, 0.05) is 15.8 Å². The Morgan fingerprint density at radius 2 is 2.00 bits per heavy atom. The van der Waals surface area contributed by atoms with Gasteiger partial charge < -0.3 is 10.5 Å². The van der Waals surface area contributed by atoms with E-state index in [2.05, 4.69) is 20.8 Å². The van der Waals surface area contributed by atoms with Crippen LogP contribution >= 0.6 is 11.8 Å². The predicted octanol–water partition coefficient (Wildman–Crippen LogP) is 3.19. The third-order valence-corrected chi connectivity index (χ3v) is 4.19. The summed E-state index contributed by atoms with van der Waals surface area (Å²) in [5.74, 6) is 0.207. The van der Waals surface area contributed by atoms with Gasteiger partial charge in [0.25, 0.3) is 0 Å². The molecule has 0 aliphatic heterocycles. The van der Waals surface area contributed by atoms with Crippen LogP contribution in [0.3, 0.4) is 0 Å². The molecule has 1 atom stereocenters. The molecule has 0 saturated carbocycles. The van der Waals surface area contributed by atoms with E-state index in [9.17, 15) is 4.79 Å². The SMILES string of the molecule is COC(=O)c1cc(N)ccc1SC(C)C(C)C. The van der Waals surface area contributed by atoms with Gasteiger partial charge >= 0.3 is 5.97 Å². The first-order valence-electron chi connectivity index (χ1n) is 5.60. The van der Waals surface area contributed by atoms with Gasteiger partial charge in [-0.1, -0.05) is 20.8 Å². The Balaban J connectivity index is 3.02. The Bertz CT molecular complexity index is 404. The second-order valence-electron chi connectivity index (χ2n) is 4.31. The molecule has 17 heavy (non-hydrogen) atoms. The van der Waals surface area contributed by atoms with E-state index in [4.69, 9.17) is 10.5 Å². The zero-order valence-corrected chi connectivity index (χ0v) is 11.5. The van der Waals surface area contributed by atoms with E-state index in [-0.39, 0.29) is 5.97 Å². The molecule has 1 rings (SSSR count). The van der Waals surface area contributed by atoms with Crippen LogP contribution in [0.5, 0.6) is 0 Å². The first-order valence-corrected chi connectivity index (χ1v) is 6.48. The number of hydrogen-bond donors (Lipinski definition) is 1. The minimum absolute atomic E-state index is 0.337. The first-order chi connectivity index (χ1) is 7.95. The molecule has 0 fully saturated rings. The van der Waals surface area contributed by atoms with Crippen molar-refractivity contribution >= 4 is 23.4 Å². The molecule has 2 N–H and O–H groups in total. The molecule has 1 unspecified atom stereocenters. The lowest BCUT2D eigenvalue weighted by atomic mass is 10.1. The van der Waals surface area contributed by atoms with E-state index in [0.29, 0.717) is 22.4 Å². The third kappa shape index (κ3) is 3.66. The molecule has 0 aromatic heterocycles. The number of methoxy groups -OCH3 is 1. The van der Waals surface area contributed by atoms with Crippen molar-refractivity contribution in [2.75, 3.05) is 12.8 Å². The van der Waals surface area contributed by atoms with Crippen molar-refractivity contribution in [3.8, 4) is 0 Å². The van der Waals surface area contributed by atoms with Crippen molar-refractivity contribution in [3.63, 3.8) is 0 Å². The number of nitrogen functional groups attached to an aromatic ring is 1. The Hall–Kier alpha value is -1.16. The van der Waals surface area contributed by atoms with E-state index in [1.807, 2.05) is 12.1 Å². The maximum Gasteiger partial charge on any atom is 0.339 e. The summed E-state index contributed by atoms with van der Waals surface area (Å²) >= 11 is 1.67. The van der Waals surface area contributed by atoms with Crippen LogP contribution in [-0.2, 0) is 4.74 Å². The van der Waals surface area contributed by atoms with Gasteiger partial charge in [0.15, 0.2) is 0 Å². The topological polar surface area (TPSA) is 52.3 Å². The zero-order chi connectivity index (χ0) is 13.0.